The van der Waals surface area contributed by atoms with Crippen LogP contribution in [0.1, 0.15) is 99.8 Å². The molecule has 0 spiro atoms. The van der Waals surface area contributed by atoms with E-state index in [9.17, 15) is 9.90 Å². The Morgan fingerprint density at radius 3 is 2.31 bits per heavy atom. The second kappa shape index (κ2) is 7.42. The van der Waals surface area contributed by atoms with Gasteiger partial charge in [-0.15, -0.1) is 0 Å². The third-order valence-corrected chi connectivity index (χ3v) is 11.7. The number of hydrogen-bond acceptors (Lipinski definition) is 5. The van der Waals surface area contributed by atoms with Gasteiger partial charge in [-0.05, 0) is 114 Å². The van der Waals surface area contributed by atoms with Crippen LogP contribution in [0.5, 0.6) is 0 Å². The van der Waals surface area contributed by atoms with Crippen molar-refractivity contribution >= 4 is 5.78 Å². The lowest BCUT2D eigenvalue weighted by atomic mass is 9.46. The van der Waals surface area contributed by atoms with Crippen LogP contribution in [-0.4, -0.2) is 46.2 Å². The fraction of sp³-hybridized carbons (Fsp3) is 0.900. The fourth-order valence-electron chi connectivity index (χ4n) is 9.86. The summed E-state index contributed by atoms with van der Waals surface area (Å²) in [7, 11) is 0. The molecule has 10 atom stereocenters. The second-order valence-electron chi connectivity index (χ2n) is 14.5. The number of allylic oxidation sites excluding steroid dienone is 1. The zero-order valence-electron chi connectivity index (χ0n) is 22.9. The number of carbonyl (C=O) groups excluding carboxylic acids is 1. The van der Waals surface area contributed by atoms with Crippen LogP contribution in [0, 0.1) is 34.5 Å². The average molecular weight is 487 g/mol. The molecule has 0 unspecified atom stereocenters. The Morgan fingerprint density at radius 1 is 0.914 bits per heavy atom. The molecule has 2 heterocycles. The largest absolute Gasteiger partial charge is 0.385 e. The van der Waals surface area contributed by atoms with E-state index in [1.54, 1.807) is 0 Å². The molecule has 0 bridgehead atoms. The summed E-state index contributed by atoms with van der Waals surface area (Å²) >= 11 is 0. The minimum Gasteiger partial charge on any atom is -0.385 e. The first-order valence-corrected chi connectivity index (χ1v) is 14.2. The van der Waals surface area contributed by atoms with Crippen LogP contribution >= 0.6 is 0 Å². The number of hydrogen-bond donors (Lipinski definition) is 1. The summed E-state index contributed by atoms with van der Waals surface area (Å²) in [5, 5.41) is 12.5. The summed E-state index contributed by atoms with van der Waals surface area (Å²) < 4.78 is 19.0. The summed E-state index contributed by atoms with van der Waals surface area (Å²) in [5.41, 5.74) is -0.330. The van der Waals surface area contributed by atoms with Gasteiger partial charge in [-0.2, -0.15) is 0 Å². The van der Waals surface area contributed by atoms with Crippen LogP contribution in [0.15, 0.2) is 11.6 Å². The number of carbonyl (C=O) groups is 1. The predicted molar refractivity (Wildman–Crippen MR) is 134 cm³/mol. The topological polar surface area (TPSA) is 65.0 Å². The molecule has 2 saturated heterocycles. The van der Waals surface area contributed by atoms with Crippen LogP contribution < -0.4 is 0 Å². The summed E-state index contributed by atoms with van der Waals surface area (Å²) in [6.45, 7) is 15.3. The first-order chi connectivity index (χ1) is 16.2. The molecular weight excluding hydrogens is 440 g/mol. The van der Waals surface area contributed by atoms with Crippen molar-refractivity contribution in [2.75, 3.05) is 0 Å². The maximum Gasteiger partial charge on any atom is 0.163 e. The first-order valence-electron chi connectivity index (χ1n) is 14.2. The van der Waals surface area contributed by atoms with E-state index >= 15 is 0 Å². The molecule has 0 radical (unpaired) electrons. The Labute approximate surface area is 211 Å². The van der Waals surface area contributed by atoms with Crippen LogP contribution in [0.4, 0.5) is 0 Å². The van der Waals surface area contributed by atoms with Crippen LogP contribution in [0.2, 0.25) is 0 Å². The van der Waals surface area contributed by atoms with Gasteiger partial charge in [0.05, 0.1) is 29.5 Å². The Bertz CT molecular complexity index is 952. The molecule has 1 N–H and O–H groups in total. The lowest BCUT2D eigenvalue weighted by Crippen LogP contribution is -2.60. The van der Waals surface area contributed by atoms with Gasteiger partial charge in [0.25, 0.3) is 0 Å². The van der Waals surface area contributed by atoms with Gasteiger partial charge in [0.1, 0.15) is 0 Å². The Hall–Kier alpha value is -0.750. The second-order valence-corrected chi connectivity index (χ2v) is 14.5. The number of ether oxygens (including phenoxy) is 3. The van der Waals surface area contributed by atoms with E-state index in [0.717, 1.165) is 56.9 Å². The maximum atomic E-state index is 13.7. The van der Waals surface area contributed by atoms with Gasteiger partial charge in [-0.3, -0.25) is 4.79 Å². The van der Waals surface area contributed by atoms with Gasteiger partial charge in [-0.1, -0.05) is 20.8 Å². The maximum absolute atomic E-state index is 13.7. The van der Waals surface area contributed by atoms with Crippen molar-refractivity contribution in [1.82, 2.24) is 0 Å². The van der Waals surface area contributed by atoms with E-state index in [-0.39, 0.29) is 52.4 Å². The highest BCUT2D eigenvalue weighted by molar-refractivity contribution is 5.95. The van der Waals surface area contributed by atoms with Crippen molar-refractivity contribution in [3.63, 3.8) is 0 Å². The monoisotopic (exact) mass is 486 g/mol. The lowest BCUT2D eigenvalue weighted by Gasteiger charge is -2.60. The highest BCUT2D eigenvalue weighted by Gasteiger charge is 2.68. The van der Waals surface area contributed by atoms with Crippen molar-refractivity contribution < 1.29 is 24.1 Å². The molecule has 35 heavy (non-hydrogen) atoms. The molecule has 6 rings (SSSR count). The van der Waals surface area contributed by atoms with Gasteiger partial charge in [0.15, 0.2) is 11.6 Å². The summed E-state index contributed by atoms with van der Waals surface area (Å²) in [4.78, 5) is 13.7. The predicted octanol–water partition coefficient (Wildman–Crippen LogP) is 5.58. The molecule has 0 amide bonds. The number of aliphatic hydroxyl groups is 1. The quantitative estimate of drug-likeness (QED) is 0.552. The summed E-state index contributed by atoms with van der Waals surface area (Å²) in [5.74, 6) is 0.586. The van der Waals surface area contributed by atoms with Crippen molar-refractivity contribution in [3.8, 4) is 0 Å². The van der Waals surface area contributed by atoms with Crippen molar-refractivity contribution in [1.29, 1.82) is 0 Å². The summed E-state index contributed by atoms with van der Waals surface area (Å²) in [6, 6.07) is 0. The third kappa shape index (κ3) is 3.36. The van der Waals surface area contributed by atoms with E-state index in [1.165, 1.54) is 0 Å². The van der Waals surface area contributed by atoms with Gasteiger partial charge in [-0.25, -0.2) is 0 Å². The van der Waals surface area contributed by atoms with Gasteiger partial charge in [0.2, 0.25) is 0 Å². The van der Waals surface area contributed by atoms with Crippen LogP contribution in [-0.2, 0) is 19.0 Å². The molecule has 5 heteroatoms. The van der Waals surface area contributed by atoms with Crippen molar-refractivity contribution in [3.05, 3.63) is 11.6 Å². The minimum absolute atomic E-state index is 0.00806. The molecule has 0 aromatic carbocycles. The van der Waals surface area contributed by atoms with E-state index in [0.29, 0.717) is 11.8 Å². The number of fused-ring (bicyclic) bond motifs is 6. The van der Waals surface area contributed by atoms with Crippen LogP contribution in [0.25, 0.3) is 0 Å². The molecular formula is C30H46O5. The number of rotatable bonds is 2. The zero-order chi connectivity index (χ0) is 25.2. The van der Waals surface area contributed by atoms with E-state index in [4.69, 9.17) is 14.2 Å². The highest BCUT2D eigenvalue weighted by atomic mass is 16.7. The van der Waals surface area contributed by atoms with Crippen LogP contribution in [0.3, 0.4) is 0 Å². The molecule has 3 saturated carbocycles. The highest BCUT2D eigenvalue weighted by Crippen LogP contribution is 2.69. The Kier molecular flexibility index (Phi) is 5.21. The average Bonchev–Trinajstić information content (AvgIpc) is 3.35. The van der Waals surface area contributed by atoms with Gasteiger partial charge in [0, 0.05) is 11.3 Å². The minimum atomic E-state index is -0.907. The molecule has 5 fully saturated rings. The van der Waals surface area contributed by atoms with Gasteiger partial charge >= 0.3 is 0 Å². The molecule has 0 aromatic rings. The van der Waals surface area contributed by atoms with Gasteiger partial charge < -0.3 is 19.3 Å². The Balaban J connectivity index is 1.31. The lowest BCUT2D eigenvalue weighted by molar-refractivity contribution is -0.148. The molecule has 6 aliphatic rings. The zero-order valence-corrected chi connectivity index (χ0v) is 22.9. The molecule has 0 aromatic heterocycles. The molecule has 5 nitrogen and oxygen atoms in total. The smallest absolute Gasteiger partial charge is 0.163 e. The summed E-state index contributed by atoms with van der Waals surface area (Å²) in [6.07, 6.45) is 9.72. The first kappa shape index (κ1) is 24.6. The van der Waals surface area contributed by atoms with E-state index in [2.05, 4.69) is 34.6 Å². The fourth-order valence-corrected chi connectivity index (χ4v) is 9.86. The SMILES string of the molecule is C[C@H]([C@@H]1CCC(C)(C)O1)[C@H]1CC[C@@]2(O)C3=CC(=O)[C@@H]4C[C@H]5OC(C)(C)O[C@H]5C[C@]4(C)[C@H]3CC[C@]12C. The Morgan fingerprint density at radius 2 is 1.63 bits per heavy atom. The van der Waals surface area contributed by atoms with E-state index < -0.39 is 11.4 Å². The third-order valence-electron chi connectivity index (χ3n) is 11.7. The van der Waals surface area contributed by atoms with E-state index in [1.807, 2.05) is 19.9 Å². The molecule has 196 valence electrons. The van der Waals surface area contributed by atoms with Crippen molar-refractivity contribution in [2.24, 2.45) is 34.5 Å². The number of ketones is 1. The molecule has 4 aliphatic carbocycles. The molecule has 2 aliphatic heterocycles. The van der Waals surface area contributed by atoms with Crippen molar-refractivity contribution in [2.45, 2.75) is 135 Å². The normalized spacial score (nSPS) is 52.8. The standard InChI is InChI=1S/C30H46O5/c1-17(23-10-11-26(2,3)33-23)18-9-13-30(32)20-14-22(31)21-15-24-25(35-27(4,5)34-24)16-28(21,6)19(20)8-12-29(18,30)7/h14,17-19,21,23-25,32H,8-13,15-16H2,1-7H3/t17-,18+,19-,21-,23-,24+,25-,28+,29+,30+/m0/s1.